The number of hydrogen-bond donors (Lipinski definition) is 1. The molecule has 0 bridgehead atoms. The molecule has 0 saturated heterocycles. The van der Waals surface area contributed by atoms with Crippen LogP contribution in [0.1, 0.15) is 40.0 Å². The van der Waals surface area contributed by atoms with Crippen molar-refractivity contribution in [2.24, 2.45) is 11.8 Å². The van der Waals surface area contributed by atoms with Gasteiger partial charge in [-0.3, -0.25) is 9.36 Å². The Morgan fingerprint density at radius 2 is 1.91 bits per heavy atom. The van der Waals surface area contributed by atoms with Crippen LogP contribution >= 0.6 is 23.4 Å². The molecule has 1 fully saturated rings. The summed E-state index contributed by atoms with van der Waals surface area (Å²) in [7, 11) is 0. The molecule has 1 heterocycles. The van der Waals surface area contributed by atoms with Gasteiger partial charge in [-0.2, -0.15) is 0 Å². The van der Waals surface area contributed by atoms with Gasteiger partial charge in [0.2, 0.25) is 5.91 Å². The van der Waals surface area contributed by atoms with Crippen molar-refractivity contribution in [2.45, 2.75) is 51.2 Å². The second-order valence-corrected chi connectivity index (χ2v) is 10.1. The number of nitrogens with one attached hydrogen (secondary N) is 1. The second kappa shape index (κ2) is 11.3. The molecule has 0 aliphatic heterocycles. The van der Waals surface area contributed by atoms with Crippen LogP contribution in [0, 0.1) is 11.8 Å². The van der Waals surface area contributed by atoms with Gasteiger partial charge in [-0.25, -0.2) is 0 Å². The summed E-state index contributed by atoms with van der Waals surface area (Å²) in [4.78, 5) is 12.8. The van der Waals surface area contributed by atoms with Crippen molar-refractivity contribution in [3.8, 4) is 22.8 Å². The number of amides is 1. The van der Waals surface area contributed by atoms with Crippen molar-refractivity contribution >= 4 is 29.3 Å². The van der Waals surface area contributed by atoms with Crippen LogP contribution < -0.4 is 10.1 Å². The lowest BCUT2D eigenvalue weighted by molar-refractivity contribution is -0.120. The number of aromatic nitrogens is 3. The molecule has 1 aliphatic carbocycles. The van der Waals surface area contributed by atoms with Crippen LogP contribution in [-0.4, -0.2) is 39.1 Å². The Balaban J connectivity index is 1.57. The number of rotatable bonds is 8. The molecule has 0 spiro atoms. The van der Waals surface area contributed by atoms with E-state index in [4.69, 9.17) is 16.3 Å². The van der Waals surface area contributed by atoms with Gasteiger partial charge in [0.15, 0.2) is 11.0 Å². The van der Waals surface area contributed by atoms with Crippen LogP contribution in [0.4, 0.5) is 0 Å². The number of halogens is 1. The zero-order valence-corrected chi connectivity index (χ0v) is 21.4. The van der Waals surface area contributed by atoms with E-state index < -0.39 is 0 Å². The topological polar surface area (TPSA) is 69.0 Å². The first-order valence-corrected chi connectivity index (χ1v) is 13.2. The van der Waals surface area contributed by atoms with E-state index in [1.165, 1.54) is 18.2 Å². The molecule has 3 atom stereocenters. The Morgan fingerprint density at radius 1 is 1.15 bits per heavy atom. The van der Waals surface area contributed by atoms with Crippen molar-refractivity contribution < 1.29 is 9.53 Å². The summed E-state index contributed by atoms with van der Waals surface area (Å²) in [6.45, 7) is 7.07. The van der Waals surface area contributed by atoms with E-state index in [9.17, 15) is 4.79 Å². The van der Waals surface area contributed by atoms with Gasteiger partial charge < -0.3 is 10.1 Å². The normalized spacial score (nSPS) is 20.2. The molecule has 34 heavy (non-hydrogen) atoms. The maximum Gasteiger partial charge on any atom is 0.230 e. The fraction of sp³-hybridized carbons (Fsp3) is 0.423. The highest BCUT2D eigenvalue weighted by Gasteiger charge is 2.28. The maximum atomic E-state index is 12.8. The number of carbonyl (C=O) groups excluding carboxylic acids is 1. The third-order valence-corrected chi connectivity index (χ3v) is 7.80. The summed E-state index contributed by atoms with van der Waals surface area (Å²) in [5.74, 6) is 2.84. The van der Waals surface area contributed by atoms with Crippen LogP contribution in [-0.2, 0) is 4.79 Å². The van der Waals surface area contributed by atoms with Crippen LogP contribution in [0.15, 0.2) is 53.7 Å². The van der Waals surface area contributed by atoms with Crippen molar-refractivity contribution in [1.82, 2.24) is 20.1 Å². The molecule has 1 amide bonds. The maximum absolute atomic E-state index is 12.8. The third-order valence-electron chi connectivity index (χ3n) is 6.54. The SMILES string of the molecule is CCOc1ccc(-n2c(SCC(=O)NC3CCCC(C)C3C)nnc2-c2ccccc2Cl)cc1. The molecule has 180 valence electrons. The molecule has 1 aliphatic rings. The standard InChI is InChI=1S/C26H31ClN4O2S/c1-4-33-20-14-12-19(13-15-20)31-25(21-9-5-6-10-22(21)27)29-30-26(31)34-16-24(32)28-23-11-7-8-17(2)18(23)3/h5-6,9-10,12-15,17-18,23H,4,7-8,11,16H2,1-3H3,(H,28,32). The summed E-state index contributed by atoms with van der Waals surface area (Å²) in [5.41, 5.74) is 1.66. The molecule has 4 rings (SSSR count). The number of carbonyl (C=O) groups is 1. The van der Waals surface area contributed by atoms with Crippen molar-refractivity contribution in [3.05, 3.63) is 53.6 Å². The van der Waals surface area contributed by atoms with Gasteiger partial charge in [0.05, 0.1) is 17.4 Å². The lowest BCUT2D eigenvalue weighted by atomic mass is 9.78. The molecule has 2 aromatic carbocycles. The molecular weight excluding hydrogens is 468 g/mol. The minimum atomic E-state index is 0.0245. The van der Waals surface area contributed by atoms with Gasteiger partial charge in [-0.1, -0.05) is 62.2 Å². The zero-order valence-electron chi connectivity index (χ0n) is 19.8. The predicted molar refractivity (Wildman–Crippen MR) is 138 cm³/mol. The van der Waals surface area contributed by atoms with E-state index in [-0.39, 0.29) is 17.7 Å². The predicted octanol–water partition coefficient (Wildman–Crippen LogP) is 6.02. The van der Waals surface area contributed by atoms with Gasteiger partial charge in [-0.15, -0.1) is 10.2 Å². The summed E-state index contributed by atoms with van der Waals surface area (Å²) in [5, 5.41) is 13.3. The molecular formula is C26H31ClN4O2S. The summed E-state index contributed by atoms with van der Waals surface area (Å²) in [6.07, 6.45) is 3.44. The monoisotopic (exact) mass is 498 g/mol. The van der Waals surface area contributed by atoms with E-state index in [1.54, 1.807) is 0 Å². The number of ether oxygens (including phenoxy) is 1. The third kappa shape index (κ3) is 5.58. The number of thioether (sulfide) groups is 1. The van der Waals surface area contributed by atoms with E-state index in [0.717, 1.165) is 29.8 Å². The van der Waals surface area contributed by atoms with E-state index in [1.807, 2.05) is 60.0 Å². The molecule has 0 radical (unpaired) electrons. The van der Waals surface area contributed by atoms with Crippen molar-refractivity contribution in [1.29, 1.82) is 0 Å². The molecule has 6 nitrogen and oxygen atoms in total. The molecule has 8 heteroatoms. The average molecular weight is 499 g/mol. The minimum absolute atomic E-state index is 0.0245. The van der Waals surface area contributed by atoms with E-state index >= 15 is 0 Å². The Hall–Kier alpha value is -2.51. The molecule has 1 aromatic heterocycles. The molecule has 3 aromatic rings. The van der Waals surface area contributed by atoms with Gasteiger partial charge in [0.1, 0.15) is 5.75 Å². The first kappa shape index (κ1) is 24.6. The Kier molecular flexibility index (Phi) is 8.16. The van der Waals surface area contributed by atoms with Crippen LogP contribution in [0.5, 0.6) is 5.75 Å². The highest BCUT2D eigenvalue weighted by atomic mass is 35.5. The highest BCUT2D eigenvalue weighted by Crippen LogP contribution is 2.33. The van der Waals surface area contributed by atoms with Gasteiger partial charge in [0.25, 0.3) is 0 Å². The zero-order chi connectivity index (χ0) is 24.1. The quantitative estimate of drug-likeness (QED) is 0.384. The Morgan fingerprint density at radius 3 is 2.65 bits per heavy atom. The van der Waals surface area contributed by atoms with Gasteiger partial charge in [0, 0.05) is 17.3 Å². The molecule has 3 unspecified atom stereocenters. The summed E-state index contributed by atoms with van der Waals surface area (Å²) in [6, 6.07) is 15.6. The van der Waals surface area contributed by atoms with Crippen LogP contribution in [0.25, 0.3) is 17.1 Å². The molecule has 1 N–H and O–H groups in total. The summed E-state index contributed by atoms with van der Waals surface area (Å²) < 4.78 is 7.53. The first-order valence-electron chi connectivity index (χ1n) is 11.8. The lowest BCUT2D eigenvalue weighted by Crippen LogP contribution is -2.44. The van der Waals surface area contributed by atoms with Crippen LogP contribution in [0.3, 0.4) is 0 Å². The van der Waals surface area contributed by atoms with Crippen molar-refractivity contribution in [2.75, 3.05) is 12.4 Å². The van der Waals surface area contributed by atoms with E-state index in [0.29, 0.717) is 34.4 Å². The number of hydrogen-bond acceptors (Lipinski definition) is 5. The fourth-order valence-electron chi connectivity index (χ4n) is 4.44. The summed E-state index contributed by atoms with van der Waals surface area (Å²) >= 11 is 7.86. The lowest BCUT2D eigenvalue weighted by Gasteiger charge is -2.34. The van der Waals surface area contributed by atoms with Crippen LogP contribution in [0.2, 0.25) is 5.02 Å². The van der Waals surface area contributed by atoms with Gasteiger partial charge in [-0.05, 0) is 61.6 Å². The largest absolute Gasteiger partial charge is 0.494 e. The number of benzene rings is 2. The number of nitrogens with zero attached hydrogens (tertiary/aromatic N) is 3. The Bertz CT molecular complexity index is 1120. The minimum Gasteiger partial charge on any atom is -0.494 e. The highest BCUT2D eigenvalue weighted by molar-refractivity contribution is 7.99. The van der Waals surface area contributed by atoms with Crippen molar-refractivity contribution in [3.63, 3.8) is 0 Å². The second-order valence-electron chi connectivity index (χ2n) is 8.78. The van der Waals surface area contributed by atoms with E-state index in [2.05, 4.69) is 29.4 Å². The van der Waals surface area contributed by atoms with Gasteiger partial charge >= 0.3 is 0 Å². The Labute approximate surface area is 210 Å². The fourth-order valence-corrected chi connectivity index (χ4v) is 5.42. The first-order chi connectivity index (χ1) is 16.5. The smallest absolute Gasteiger partial charge is 0.230 e. The average Bonchev–Trinajstić information content (AvgIpc) is 3.25. The molecule has 1 saturated carbocycles.